The quantitative estimate of drug-likeness (QED) is 0.900. The average molecular weight is 342 g/mol. The Hall–Kier alpha value is -2.83. The topological polar surface area (TPSA) is 76.6 Å². The molecule has 25 heavy (non-hydrogen) atoms. The zero-order chi connectivity index (χ0) is 17.8. The van der Waals surface area contributed by atoms with E-state index in [0.29, 0.717) is 28.8 Å². The third-order valence-electron chi connectivity index (χ3n) is 4.12. The van der Waals surface area contributed by atoms with Gasteiger partial charge < -0.3 is 19.7 Å². The predicted octanol–water partition coefficient (Wildman–Crippen LogP) is 2.65. The molecule has 1 aliphatic rings. The highest BCUT2D eigenvalue weighted by Crippen LogP contribution is 2.29. The van der Waals surface area contributed by atoms with Gasteiger partial charge in [0.1, 0.15) is 17.2 Å². The number of nitrogens with one attached hydrogen (secondary N) is 1. The van der Waals surface area contributed by atoms with Gasteiger partial charge in [0.25, 0.3) is 5.91 Å². The number of carbonyl (C=O) groups excluding carboxylic acids is 1. The maximum atomic E-state index is 12.7. The smallest absolute Gasteiger partial charge is 0.274 e. The van der Waals surface area contributed by atoms with Gasteiger partial charge in [0.15, 0.2) is 0 Å². The minimum atomic E-state index is -0.308. The number of rotatable bonds is 5. The highest BCUT2D eigenvalue weighted by Gasteiger charge is 2.19. The molecule has 1 saturated heterocycles. The molecule has 1 aliphatic heterocycles. The first-order chi connectivity index (χ1) is 12.1. The number of carbonyl (C=O) groups is 1. The molecule has 7 heteroatoms. The van der Waals surface area contributed by atoms with Crippen molar-refractivity contribution in [3.8, 4) is 11.5 Å². The third-order valence-corrected chi connectivity index (χ3v) is 4.12. The minimum Gasteiger partial charge on any atom is -0.497 e. The van der Waals surface area contributed by atoms with Crippen LogP contribution in [0.5, 0.6) is 11.5 Å². The van der Waals surface area contributed by atoms with E-state index in [4.69, 9.17) is 9.47 Å². The van der Waals surface area contributed by atoms with Gasteiger partial charge in [-0.2, -0.15) is 0 Å². The summed E-state index contributed by atoms with van der Waals surface area (Å²) >= 11 is 0. The van der Waals surface area contributed by atoms with E-state index < -0.39 is 0 Å². The van der Waals surface area contributed by atoms with Gasteiger partial charge in [0.2, 0.25) is 5.95 Å². The molecule has 0 saturated carbocycles. The molecule has 0 radical (unpaired) electrons. The van der Waals surface area contributed by atoms with Gasteiger partial charge in [-0.15, -0.1) is 0 Å². The van der Waals surface area contributed by atoms with Crippen molar-refractivity contribution >= 4 is 17.5 Å². The van der Waals surface area contributed by atoms with Crippen molar-refractivity contribution in [2.75, 3.05) is 37.5 Å². The summed E-state index contributed by atoms with van der Waals surface area (Å²) in [7, 11) is 3.13. The number of aryl methyl sites for hydroxylation is 1. The van der Waals surface area contributed by atoms with Crippen LogP contribution in [-0.4, -0.2) is 43.2 Å². The first-order valence-corrected chi connectivity index (χ1v) is 8.24. The van der Waals surface area contributed by atoms with Crippen molar-refractivity contribution in [1.29, 1.82) is 0 Å². The van der Waals surface area contributed by atoms with Crippen LogP contribution in [0.25, 0.3) is 0 Å². The van der Waals surface area contributed by atoms with Gasteiger partial charge in [0, 0.05) is 24.8 Å². The van der Waals surface area contributed by atoms with E-state index >= 15 is 0 Å². The highest BCUT2D eigenvalue weighted by molar-refractivity contribution is 6.04. The summed E-state index contributed by atoms with van der Waals surface area (Å²) in [5, 5.41) is 2.84. The lowest BCUT2D eigenvalue weighted by Crippen LogP contribution is -2.23. The number of nitrogens with zero attached hydrogens (tertiary/aromatic N) is 3. The molecule has 0 atom stereocenters. The lowest BCUT2D eigenvalue weighted by molar-refractivity contribution is 0.102. The Labute approximate surface area is 147 Å². The van der Waals surface area contributed by atoms with Crippen LogP contribution in [0.4, 0.5) is 11.6 Å². The molecule has 2 heterocycles. The monoisotopic (exact) mass is 342 g/mol. The molecule has 132 valence electrons. The van der Waals surface area contributed by atoms with Gasteiger partial charge in [-0.1, -0.05) is 0 Å². The Morgan fingerprint density at radius 2 is 1.88 bits per heavy atom. The molecular formula is C18H22N4O3. The lowest BCUT2D eigenvalue weighted by Gasteiger charge is -2.16. The zero-order valence-electron chi connectivity index (χ0n) is 14.7. The van der Waals surface area contributed by atoms with E-state index in [9.17, 15) is 4.79 Å². The third kappa shape index (κ3) is 3.81. The van der Waals surface area contributed by atoms with Crippen LogP contribution < -0.4 is 19.7 Å². The fourth-order valence-corrected chi connectivity index (χ4v) is 2.83. The number of hydrogen-bond donors (Lipinski definition) is 1. The molecule has 1 fully saturated rings. The Morgan fingerprint density at radius 3 is 2.56 bits per heavy atom. The highest BCUT2D eigenvalue weighted by atomic mass is 16.5. The van der Waals surface area contributed by atoms with E-state index in [1.54, 1.807) is 38.5 Å². The molecule has 0 aliphatic carbocycles. The summed E-state index contributed by atoms with van der Waals surface area (Å²) in [6.07, 6.45) is 2.25. The minimum absolute atomic E-state index is 0.308. The largest absolute Gasteiger partial charge is 0.497 e. The van der Waals surface area contributed by atoms with Crippen LogP contribution in [0.3, 0.4) is 0 Å². The Balaban J connectivity index is 1.86. The van der Waals surface area contributed by atoms with E-state index in [0.717, 1.165) is 31.6 Å². The number of benzene rings is 1. The molecule has 1 amide bonds. The maximum absolute atomic E-state index is 12.7. The van der Waals surface area contributed by atoms with Crippen molar-refractivity contribution in [2.45, 2.75) is 19.8 Å². The van der Waals surface area contributed by atoms with E-state index in [1.165, 1.54) is 0 Å². The Bertz CT molecular complexity index is 773. The standard InChI is InChI=1S/C18H22N4O3/c1-12-10-15(21-18(19-12)22-8-4-5-9-22)17(23)20-14-11-13(24-2)6-7-16(14)25-3/h6-7,10-11H,4-5,8-9H2,1-3H3,(H,20,23). The van der Waals surface area contributed by atoms with Crippen LogP contribution in [0.2, 0.25) is 0 Å². The average Bonchev–Trinajstić information content (AvgIpc) is 3.15. The van der Waals surface area contributed by atoms with Gasteiger partial charge >= 0.3 is 0 Å². The number of anilines is 2. The first-order valence-electron chi connectivity index (χ1n) is 8.24. The normalized spacial score (nSPS) is 13.6. The molecule has 7 nitrogen and oxygen atoms in total. The van der Waals surface area contributed by atoms with Gasteiger partial charge in [-0.3, -0.25) is 4.79 Å². The van der Waals surface area contributed by atoms with Crippen LogP contribution in [0, 0.1) is 6.92 Å². The molecule has 1 N–H and O–H groups in total. The number of hydrogen-bond acceptors (Lipinski definition) is 6. The fourth-order valence-electron chi connectivity index (χ4n) is 2.83. The zero-order valence-corrected chi connectivity index (χ0v) is 14.7. The van der Waals surface area contributed by atoms with Gasteiger partial charge in [-0.05, 0) is 38.0 Å². The molecule has 0 bridgehead atoms. The van der Waals surface area contributed by atoms with Crippen molar-refractivity contribution in [1.82, 2.24) is 9.97 Å². The first kappa shape index (κ1) is 17.0. The summed E-state index contributed by atoms with van der Waals surface area (Å²) in [6, 6.07) is 6.91. The van der Waals surface area contributed by atoms with Crippen molar-refractivity contribution < 1.29 is 14.3 Å². The Kier molecular flexibility index (Phi) is 5.02. The predicted molar refractivity (Wildman–Crippen MR) is 95.7 cm³/mol. The summed E-state index contributed by atoms with van der Waals surface area (Å²) in [4.78, 5) is 23.7. The number of ether oxygens (including phenoxy) is 2. The van der Waals surface area contributed by atoms with E-state index in [-0.39, 0.29) is 5.91 Å². The van der Waals surface area contributed by atoms with Crippen LogP contribution >= 0.6 is 0 Å². The summed E-state index contributed by atoms with van der Waals surface area (Å²) in [5.41, 5.74) is 1.63. The second kappa shape index (κ2) is 7.38. The molecule has 0 unspecified atom stereocenters. The van der Waals surface area contributed by atoms with Crippen molar-refractivity contribution in [3.05, 3.63) is 35.7 Å². The van der Waals surface area contributed by atoms with Crippen molar-refractivity contribution in [2.24, 2.45) is 0 Å². The molecular weight excluding hydrogens is 320 g/mol. The lowest BCUT2D eigenvalue weighted by atomic mass is 10.2. The second-order valence-corrected chi connectivity index (χ2v) is 5.91. The molecule has 1 aromatic carbocycles. The molecule has 1 aromatic heterocycles. The van der Waals surface area contributed by atoms with Crippen molar-refractivity contribution in [3.63, 3.8) is 0 Å². The van der Waals surface area contributed by atoms with E-state index in [1.807, 2.05) is 6.92 Å². The van der Waals surface area contributed by atoms with Crippen LogP contribution in [0.15, 0.2) is 24.3 Å². The van der Waals surface area contributed by atoms with Crippen LogP contribution in [-0.2, 0) is 0 Å². The maximum Gasteiger partial charge on any atom is 0.274 e. The van der Waals surface area contributed by atoms with Gasteiger partial charge in [-0.25, -0.2) is 9.97 Å². The number of aromatic nitrogens is 2. The molecule has 2 aromatic rings. The summed E-state index contributed by atoms with van der Waals surface area (Å²) in [5.74, 6) is 1.49. The second-order valence-electron chi connectivity index (χ2n) is 5.91. The summed E-state index contributed by atoms with van der Waals surface area (Å²) < 4.78 is 10.5. The van der Waals surface area contributed by atoms with E-state index in [2.05, 4.69) is 20.2 Å². The summed E-state index contributed by atoms with van der Waals surface area (Å²) in [6.45, 7) is 3.71. The molecule has 0 spiro atoms. The number of amides is 1. The van der Waals surface area contributed by atoms with Crippen LogP contribution in [0.1, 0.15) is 29.0 Å². The van der Waals surface area contributed by atoms with Gasteiger partial charge in [0.05, 0.1) is 19.9 Å². The number of methoxy groups -OCH3 is 2. The fraction of sp³-hybridized carbons (Fsp3) is 0.389. The Morgan fingerprint density at radius 1 is 1.12 bits per heavy atom. The molecule has 3 rings (SSSR count). The SMILES string of the molecule is COc1ccc(OC)c(NC(=O)c2cc(C)nc(N3CCCC3)n2)c1.